The lowest BCUT2D eigenvalue weighted by Crippen LogP contribution is -2.32. The van der Waals surface area contributed by atoms with Crippen molar-refractivity contribution in [3.05, 3.63) is 78.2 Å². The first-order valence-electron chi connectivity index (χ1n) is 10.7. The number of anilines is 1. The predicted octanol–water partition coefficient (Wildman–Crippen LogP) is 4.08. The Hall–Kier alpha value is -3.94. The van der Waals surface area contributed by atoms with E-state index in [1.165, 1.54) is 17.0 Å². The number of nitrogens with zero attached hydrogens (tertiary/aromatic N) is 2. The lowest BCUT2D eigenvalue weighted by Gasteiger charge is -2.17. The zero-order chi connectivity index (χ0) is 23.2. The average molecular weight is 449 g/mol. The van der Waals surface area contributed by atoms with E-state index in [0.29, 0.717) is 24.0 Å². The Balaban J connectivity index is 1.32. The van der Waals surface area contributed by atoms with Crippen LogP contribution in [0.3, 0.4) is 0 Å². The minimum Gasteiger partial charge on any atom is -0.490 e. The van der Waals surface area contributed by atoms with Crippen LogP contribution >= 0.6 is 0 Å². The number of rotatable bonds is 8. The second kappa shape index (κ2) is 10.1. The highest BCUT2D eigenvalue weighted by atomic mass is 19.1. The summed E-state index contributed by atoms with van der Waals surface area (Å²) in [4.78, 5) is 30.5. The van der Waals surface area contributed by atoms with Gasteiger partial charge in [-0.15, -0.1) is 0 Å². The lowest BCUT2D eigenvalue weighted by molar-refractivity contribution is -0.126. The molecule has 8 heteroatoms. The van der Waals surface area contributed by atoms with Crippen LogP contribution in [-0.4, -0.2) is 29.9 Å². The smallest absolute Gasteiger partial charge is 0.227 e. The number of hydrogen-bond acceptors (Lipinski definition) is 5. The van der Waals surface area contributed by atoms with Gasteiger partial charge in [0.25, 0.3) is 0 Å². The minimum atomic E-state index is -0.539. The number of carbonyl (C=O) groups is 2. The third-order valence-electron chi connectivity index (χ3n) is 5.27. The van der Waals surface area contributed by atoms with Gasteiger partial charge in [-0.1, -0.05) is 30.3 Å². The fraction of sp³-hybridized carbons (Fsp3) is 0.240. The number of halogens is 1. The van der Waals surface area contributed by atoms with Gasteiger partial charge >= 0.3 is 0 Å². The SMILES string of the molecule is CCOc1ccccc1Oc1ccc(CNC(=O)C2CC(=O)N(c3ccccc3F)C2)cn1. The molecule has 1 fully saturated rings. The minimum absolute atomic E-state index is 0.0461. The van der Waals surface area contributed by atoms with Crippen molar-refractivity contribution in [2.75, 3.05) is 18.1 Å². The third kappa shape index (κ3) is 5.28. The van der Waals surface area contributed by atoms with Gasteiger partial charge in [-0.05, 0) is 36.8 Å². The van der Waals surface area contributed by atoms with Gasteiger partial charge in [0.2, 0.25) is 17.7 Å². The van der Waals surface area contributed by atoms with Crippen LogP contribution in [0.1, 0.15) is 18.9 Å². The molecular weight excluding hydrogens is 425 g/mol. The van der Waals surface area contributed by atoms with Crippen LogP contribution < -0.4 is 19.7 Å². The van der Waals surface area contributed by atoms with E-state index in [9.17, 15) is 14.0 Å². The lowest BCUT2D eigenvalue weighted by atomic mass is 10.1. The van der Waals surface area contributed by atoms with Crippen LogP contribution in [0.5, 0.6) is 17.4 Å². The maximum Gasteiger partial charge on any atom is 0.227 e. The molecule has 0 aliphatic carbocycles. The second-order valence-corrected chi connectivity index (χ2v) is 7.56. The number of ether oxygens (including phenoxy) is 2. The van der Waals surface area contributed by atoms with E-state index in [1.54, 1.807) is 36.5 Å². The Morgan fingerprint density at radius 2 is 1.88 bits per heavy atom. The molecule has 2 aromatic carbocycles. The first kappa shape index (κ1) is 22.3. The van der Waals surface area contributed by atoms with Gasteiger partial charge in [-0.2, -0.15) is 0 Å². The Bertz CT molecular complexity index is 1140. The average Bonchev–Trinajstić information content (AvgIpc) is 3.21. The molecule has 0 saturated carbocycles. The summed E-state index contributed by atoms with van der Waals surface area (Å²) < 4.78 is 25.4. The molecule has 1 aromatic heterocycles. The van der Waals surface area contributed by atoms with Gasteiger partial charge in [0.1, 0.15) is 5.82 Å². The number of pyridine rings is 1. The van der Waals surface area contributed by atoms with Crippen molar-refractivity contribution < 1.29 is 23.5 Å². The molecule has 170 valence electrons. The molecule has 1 aliphatic heterocycles. The Kier molecular flexibility index (Phi) is 6.83. The summed E-state index contributed by atoms with van der Waals surface area (Å²) in [6, 6.07) is 16.9. The molecule has 0 bridgehead atoms. The van der Waals surface area contributed by atoms with Crippen molar-refractivity contribution in [1.29, 1.82) is 0 Å². The number of aromatic nitrogens is 1. The molecule has 4 rings (SSSR count). The summed E-state index contributed by atoms with van der Waals surface area (Å²) in [6.45, 7) is 2.83. The molecule has 1 saturated heterocycles. The quantitative estimate of drug-likeness (QED) is 0.561. The van der Waals surface area contributed by atoms with Crippen molar-refractivity contribution in [1.82, 2.24) is 10.3 Å². The van der Waals surface area contributed by atoms with Crippen LogP contribution in [-0.2, 0) is 16.1 Å². The predicted molar refractivity (Wildman–Crippen MR) is 121 cm³/mol. The molecule has 1 N–H and O–H groups in total. The van der Waals surface area contributed by atoms with Crippen LogP contribution in [0.2, 0.25) is 0 Å². The molecule has 3 aromatic rings. The number of para-hydroxylation sites is 3. The summed E-state index contributed by atoms with van der Waals surface area (Å²) in [5.74, 6) is 0.0573. The molecule has 7 nitrogen and oxygen atoms in total. The first-order valence-corrected chi connectivity index (χ1v) is 10.7. The number of benzene rings is 2. The summed E-state index contributed by atoms with van der Waals surface area (Å²) in [5, 5.41) is 2.83. The van der Waals surface area contributed by atoms with Crippen molar-refractivity contribution >= 4 is 17.5 Å². The topological polar surface area (TPSA) is 80.8 Å². The molecule has 2 amide bonds. The fourth-order valence-corrected chi connectivity index (χ4v) is 3.62. The maximum atomic E-state index is 14.0. The molecule has 1 aliphatic rings. The Morgan fingerprint density at radius 3 is 2.61 bits per heavy atom. The van der Waals surface area contributed by atoms with Crippen molar-refractivity contribution in [2.24, 2.45) is 5.92 Å². The number of nitrogens with one attached hydrogen (secondary N) is 1. The van der Waals surface area contributed by atoms with E-state index in [4.69, 9.17) is 9.47 Å². The normalized spacial score (nSPS) is 15.4. The molecule has 2 heterocycles. The number of hydrogen-bond donors (Lipinski definition) is 1. The van der Waals surface area contributed by atoms with Crippen LogP contribution in [0.4, 0.5) is 10.1 Å². The van der Waals surface area contributed by atoms with E-state index in [0.717, 1.165) is 5.56 Å². The summed E-state index contributed by atoms with van der Waals surface area (Å²) in [7, 11) is 0. The van der Waals surface area contributed by atoms with Gasteiger partial charge in [-0.25, -0.2) is 9.37 Å². The molecule has 1 unspecified atom stereocenters. The highest BCUT2D eigenvalue weighted by Crippen LogP contribution is 2.30. The maximum absolute atomic E-state index is 14.0. The molecule has 0 radical (unpaired) electrons. The highest BCUT2D eigenvalue weighted by molar-refractivity contribution is 6.00. The molecule has 0 spiro atoms. The van der Waals surface area contributed by atoms with Gasteiger partial charge < -0.3 is 19.7 Å². The molecular formula is C25H24FN3O4. The van der Waals surface area contributed by atoms with Gasteiger partial charge in [0.05, 0.1) is 18.2 Å². The highest BCUT2D eigenvalue weighted by Gasteiger charge is 2.35. The summed E-state index contributed by atoms with van der Waals surface area (Å²) in [5.41, 5.74) is 0.979. The zero-order valence-corrected chi connectivity index (χ0v) is 18.2. The summed E-state index contributed by atoms with van der Waals surface area (Å²) >= 11 is 0. The largest absolute Gasteiger partial charge is 0.490 e. The van der Waals surface area contributed by atoms with E-state index >= 15 is 0 Å². The molecule has 1 atom stereocenters. The van der Waals surface area contributed by atoms with Gasteiger partial charge in [0, 0.05) is 31.8 Å². The number of amides is 2. The zero-order valence-electron chi connectivity index (χ0n) is 18.2. The van der Waals surface area contributed by atoms with Crippen LogP contribution in [0.15, 0.2) is 66.9 Å². The number of carbonyl (C=O) groups excluding carboxylic acids is 2. The first-order chi connectivity index (χ1) is 16.0. The Labute approximate surface area is 191 Å². The van der Waals surface area contributed by atoms with E-state index in [-0.39, 0.29) is 37.0 Å². The fourth-order valence-electron chi connectivity index (χ4n) is 3.62. The van der Waals surface area contributed by atoms with Gasteiger partial charge in [0.15, 0.2) is 11.5 Å². The van der Waals surface area contributed by atoms with E-state index in [1.807, 2.05) is 25.1 Å². The summed E-state index contributed by atoms with van der Waals surface area (Å²) in [6.07, 6.45) is 1.66. The van der Waals surface area contributed by atoms with Crippen molar-refractivity contribution in [3.63, 3.8) is 0 Å². The monoisotopic (exact) mass is 449 g/mol. The van der Waals surface area contributed by atoms with Crippen LogP contribution in [0, 0.1) is 11.7 Å². The van der Waals surface area contributed by atoms with Gasteiger partial charge in [-0.3, -0.25) is 9.59 Å². The van der Waals surface area contributed by atoms with Crippen molar-refractivity contribution in [2.45, 2.75) is 19.9 Å². The van der Waals surface area contributed by atoms with E-state index < -0.39 is 11.7 Å². The molecule has 33 heavy (non-hydrogen) atoms. The Morgan fingerprint density at radius 1 is 1.12 bits per heavy atom. The van der Waals surface area contributed by atoms with E-state index in [2.05, 4.69) is 10.3 Å². The second-order valence-electron chi connectivity index (χ2n) is 7.56. The van der Waals surface area contributed by atoms with Crippen molar-refractivity contribution in [3.8, 4) is 17.4 Å². The third-order valence-corrected chi connectivity index (χ3v) is 5.27. The van der Waals surface area contributed by atoms with Crippen LogP contribution in [0.25, 0.3) is 0 Å². The standard InChI is InChI=1S/C25H24FN3O4/c1-2-32-21-9-5-6-10-22(21)33-23-12-11-17(14-27-23)15-28-25(31)18-13-24(30)29(16-18)20-8-4-3-7-19(20)26/h3-12,14,18H,2,13,15-16H2,1H3,(H,28,31).